The van der Waals surface area contributed by atoms with Crippen LogP contribution in [0.3, 0.4) is 0 Å². The Labute approximate surface area is 96.0 Å². The average molecular weight is 257 g/mol. The molecule has 0 atom stereocenters. The first-order valence-corrected chi connectivity index (χ1v) is 5.15. The normalized spacial score (nSPS) is 11.8. The quantitative estimate of drug-likeness (QED) is 0.723. The number of hydrogen-bond donors (Lipinski definition) is 0. The topological polar surface area (TPSA) is 0 Å². The maximum absolute atomic E-state index is 11.9. The second kappa shape index (κ2) is 5.08. The molecule has 84 valence electrons. The summed E-state index contributed by atoms with van der Waals surface area (Å²) in [6.45, 7) is 0. The van der Waals surface area contributed by atoms with Crippen molar-refractivity contribution < 1.29 is 13.2 Å². The minimum absolute atomic E-state index is 0.0709. The van der Waals surface area contributed by atoms with Gasteiger partial charge in [-0.05, 0) is 30.5 Å². The number of rotatable bonds is 3. The number of hydrogen-bond acceptors (Lipinski definition) is 0. The van der Waals surface area contributed by atoms with Gasteiger partial charge in [0.25, 0.3) is 0 Å². The predicted octanol–water partition coefficient (Wildman–Crippen LogP) is 4.88. The van der Waals surface area contributed by atoms with Crippen LogP contribution in [0.25, 0.3) is 0 Å². The van der Waals surface area contributed by atoms with E-state index in [0.29, 0.717) is 16.5 Å². The van der Waals surface area contributed by atoms with Gasteiger partial charge < -0.3 is 0 Å². The highest BCUT2D eigenvalue weighted by Gasteiger charge is 2.25. The Morgan fingerprint density at radius 1 is 1.07 bits per heavy atom. The Kier molecular flexibility index (Phi) is 4.29. The number of halogens is 5. The number of alkyl halides is 3. The van der Waals surface area contributed by atoms with Crippen molar-refractivity contribution in [3.05, 3.63) is 33.8 Å². The molecule has 0 aliphatic rings. The van der Waals surface area contributed by atoms with Crippen LogP contribution in [0, 0.1) is 0 Å². The van der Waals surface area contributed by atoms with Gasteiger partial charge in [-0.1, -0.05) is 29.3 Å². The van der Waals surface area contributed by atoms with E-state index in [4.69, 9.17) is 23.2 Å². The lowest BCUT2D eigenvalue weighted by molar-refractivity contribution is -0.135. The molecule has 0 unspecified atom stereocenters. The zero-order valence-corrected chi connectivity index (χ0v) is 9.26. The molecule has 5 heteroatoms. The molecule has 0 spiro atoms. The van der Waals surface area contributed by atoms with Crippen LogP contribution in [0.4, 0.5) is 13.2 Å². The first-order valence-electron chi connectivity index (χ1n) is 4.39. The van der Waals surface area contributed by atoms with Crippen LogP contribution in [-0.4, -0.2) is 6.18 Å². The fourth-order valence-electron chi connectivity index (χ4n) is 1.19. The molecular formula is C10H9Cl2F3. The van der Waals surface area contributed by atoms with Gasteiger partial charge in [-0.2, -0.15) is 13.2 Å². The first kappa shape index (κ1) is 12.7. The molecule has 0 saturated carbocycles. The van der Waals surface area contributed by atoms with Crippen molar-refractivity contribution in [2.75, 3.05) is 0 Å². The summed E-state index contributed by atoms with van der Waals surface area (Å²) in [7, 11) is 0. The van der Waals surface area contributed by atoms with Gasteiger partial charge >= 0.3 is 6.18 Å². The third kappa shape index (κ3) is 4.76. The van der Waals surface area contributed by atoms with Crippen LogP contribution in [0.5, 0.6) is 0 Å². The van der Waals surface area contributed by atoms with Crippen molar-refractivity contribution in [3.63, 3.8) is 0 Å². The molecule has 0 aliphatic carbocycles. The zero-order valence-electron chi connectivity index (χ0n) is 7.74. The SMILES string of the molecule is FC(F)(F)CCCc1ccc(Cl)c(Cl)c1. The van der Waals surface area contributed by atoms with Crippen molar-refractivity contribution in [1.82, 2.24) is 0 Å². The Hall–Kier alpha value is -0.410. The van der Waals surface area contributed by atoms with Crippen molar-refractivity contribution in [3.8, 4) is 0 Å². The van der Waals surface area contributed by atoms with Gasteiger partial charge in [-0.25, -0.2) is 0 Å². The molecule has 0 fully saturated rings. The fraction of sp³-hybridized carbons (Fsp3) is 0.400. The van der Waals surface area contributed by atoms with E-state index in [-0.39, 0.29) is 6.42 Å². The maximum atomic E-state index is 11.9. The third-order valence-corrected chi connectivity index (χ3v) is 2.65. The first-order chi connectivity index (χ1) is 6.88. The van der Waals surface area contributed by atoms with E-state index >= 15 is 0 Å². The number of benzene rings is 1. The van der Waals surface area contributed by atoms with Crippen LogP contribution < -0.4 is 0 Å². The van der Waals surface area contributed by atoms with E-state index in [0.717, 1.165) is 5.56 Å². The monoisotopic (exact) mass is 256 g/mol. The standard InChI is InChI=1S/C10H9Cl2F3/c11-8-4-3-7(6-9(8)12)2-1-5-10(13,14)15/h3-4,6H,1-2,5H2. The van der Waals surface area contributed by atoms with Crippen molar-refractivity contribution in [2.45, 2.75) is 25.4 Å². The fourth-order valence-corrected chi connectivity index (χ4v) is 1.51. The minimum Gasteiger partial charge on any atom is -0.171 e. The van der Waals surface area contributed by atoms with Crippen molar-refractivity contribution >= 4 is 23.2 Å². The van der Waals surface area contributed by atoms with Gasteiger partial charge in [-0.3, -0.25) is 0 Å². The summed E-state index contributed by atoms with van der Waals surface area (Å²) in [6.07, 6.45) is -4.43. The summed E-state index contributed by atoms with van der Waals surface area (Å²) in [5.41, 5.74) is 0.772. The largest absolute Gasteiger partial charge is 0.389 e. The molecule has 0 aliphatic heterocycles. The lowest BCUT2D eigenvalue weighted by Crippen LogP contribution is -2.07. The summed E-state index contributed by atoms with van der Waals surface area (Å²) in [5.74, 6) is 0. The molecule has 1 aromatic carbocycles. The van der Waals surface area contributed by atoms with E-state index in [1.165, 1.54) is 0 Å². The van der Waals surface area contributed by atoms with Crippen LogP contribution >= 0.6 is 23.2 Å². The van der Waals surface area contributed by atoms with E-state index in [1.54, 1.807) is 18.2 Å². The van der Waals surface area contributed by atoms with Crippen LogP contribution in [0.1, 0.15) is 18.4 Å². The number of aryl methyl sites for hydroxylation is 1. The van der Waals surface area contributed by atoms with Gasteiger partial charge in [0.2, 0.25) is 0 Å². The van der Waals surface area contributed by atoms with E-state index < -0.39 is 12.6 Å². The minimum atomic E-state index is -4.09. The van der Waals surface area contributed by atoms with Crippen molar-refractivity contribution in [1.29, 1.82) is 0 Å². The Morgan fingerprint density at radius 2 is 1.73 bits per heavy atom. The highest BCUT2D eigenvalue weighted by molar-refractivity contribution is 6.42. The van der Waals surface area contributed by atoms with Gasteiger partial charge in [0.05, 0.1) is 10.0 Å². The smallest absolute Gasteiger partial charge is 0.171 e. The Balaban J connectivity index is 2.48. The second-order valence-electron chi connectivity index (χ2n) is 3.22. The summed E-state index contributed by atoms with van der Waals surface area (Å²) in [5, 5.41) is 0.789. The summed E-state index contributed by atoms with van der Waals surface area (Å²) >= 11 is 11.4. The highest BCUT2D eigenvalue weighted by atomic mass is 35.5. The molecule has 0 nitrogen and oxygen atoms in total. The molecule has 0 saturated heterocycles. The van der Waals surface area contributed by atoms with Crippen LogP contribution in [0.2, 0.25) is 10.0 Å². The summed E-state index contributed by atoms with van der Waals surface area (Å²) in [6, 6.07) is 4.87. The van der Waals surface area contributed by atoms with E-state index in [1.807, 2.05) is 0 Å². The predicted molar refractivity (Wildman–Crippen MR) is 55.5 cm³/mol. The summed E-state index contributed by atoms with van der Waals surface area (Å²) < 4.78 is 35.6. The zero-order chi connectivity index (χ0) is 11.5. The highest BCUT2D eigenvalue weighted by Crippen LogP contribution is 2.25. The molecule has 1 aromatic rings. The van der Waals surface area contributed by atoms with E-state index in [9.17, 15) is 13.2 Å². The van der Waals surface area contributed by atoms with Crippen LogP contribution in [-0.2, 0) is 6.42 Å². The second-order valence-corrected chi connectivity index (χ2v) is 4.03. The third-order valence-electron chi connectivity index (χ3n) is 1.91. The molecule has 0 amide bonds. The molecule has 0 bridgehead atoms. The molecule has 0 N–H and O–H groups in total. The Bertz CT molecular complexity index is 334. The summed E-state index contributed by atoms with van der Waals surface area (Å²) in [4.78, 5) is 0. The molecular weight excluding hydrogens is 248 g/mol. The van der Waals surface area contributed by atoms with Gasteiger partial charge in [0.1, 0.15) is 0 Å². The lowest BCUT2D eigenvalue weighted by atomic mass is 10.1. The van der Waals surface area contributed by atoms with Gasteiger partial charge in [0, 0.05) is 6.42 Å². The molecule has 0 radical (unpaired) electrons. The molecule has 15 heavy (non-hydrogen) atoms. The van der Waals surface area contributed by atoms with Gasteiger partial charge in [0.15, 0.2) is 0 Å². The van der Waals surface area contributed by atoms with Crippen LogP contribution in [0.15, 0.2) is 18.2 Å². The Morgan fingerprint density at radius 3 is 2.27 bits per heavy atom. The average Bonchev–Trinajstić information content (AvgIpc) is 2.09. The molecule has 1 rings (SSSR count). The van der Waals surface area contributed by atoms with Gasteiger partial charge in [-0.15, -0.1) is 0 Å². The maximum Gasteiger partial charge on any atom is 0.389 e. The molecule has 0 heterocycles. The van der Waals surface area contributed by atoms with E-state index in [2.05, 4.69) is 0 Å². The van der Waals surface area contributed by atoms with Crippen molar-refractivity contribution in [2.24, 2.45) is 0 Å². The molecule has 0 aromatic heterocycles. The lowest BCUT2D eigenvalue weighted by Gasteiger charge is -2.06.